The number of nitro benzene ring substituents is 1. The predicted octanol–water partition coefficient (Wildman–Crippen LogP) is 3.87. The Morgan fingerprint density at radius 3 is 2.63 bits per heavy atom. The number of nitro groups is 1. The van der Waals surface area contributed by atoms with E-state index in [1.54, 1.807) is 13.8 Å². The van der Waals surface area contributed by atoms with Crippen molar-refractivity contribution in [2.75, 3.05) is 6.61 Å². The molecule has 0 aliphatic carbocycles. The third kappa shape index (κ3) is 3.26. The van der Waals surface area contributed by atoms with Crippen molar-refractivity contribution in [2.45, 2.75) is 25.5 Å². The average molecular weight is 389 g/mol. The second kappa shape index (κ2) is 7.36. The Hall–Kier alpha value is -2.93. The van der Waals surface area contributed by atoms with Crippen LogP contribution in [0.3, 0.4) is 0 Å². The summed E-state index contributed by atoms with van der Waals surface area (Å²) in [6.45, 7) is 3.55. The van der Waals surface area contributed by atoms with Gasteiger partial charge in [0.15, 0.2) is 0 Å². The molecule has 0 unspecified atom stereocenters. The van der Waals surface area contributed by atoms with E-state index < -0.39 is 22.5 Å². The smallest absolute Gasteiger partial charge is 0.342 e. The third-order valence-corrected chi connectivity index (χ3v) is 4.65. The molecule has 1 aliphatic heterocycles. The van der Waals surface area contributed by atoms with E-state index in [2.05, 4.69) is 4.99 Å². The lowest BCUT2D eigenvalue weighted by Gasteiger charge is -2.27. The SMILES string of the molecule is CCOC(=O)[C@]1(c2ccc([N+](=O)[O-])c(Cl)c2)N=C(c2ccccc2)O[C@@H]1C. The second-order valence-corrected chi connectivity index (χ2v) is 6.36. The number of rotatable bonds is 5. The highest BCUT2D eigenvalue weighted by molar-refractivity contribution is 6.32. The summed E-state index contributed by atoms with van der Waals surface area (Å²) in [5.74, 6) is -0.307. The first kappa shape index (κ1) is 18.8. The molecule has 140 valence electrons. The molecular weight excluding hydrogens is 372 g/mol. The van der Waals surface area contributed by atoms with Crippen LogP contribution in [0.2, 0.25) is 5.02 Å². The molecule has 7 nitrogen and oxygen atoms in total. The zero-order chi connectivity index (χ0) is 19.6. The number of ether oxygens (including phenoxy) is 2. The van der Waals surface area contributed by atoms with Gasteiger partial charge in [0.2, 0.25) is 11.4 Å². The van der Waals surface area contributed by atoms with E-state index in [0.29, 0.717) is 17.0 Å². The summed E-state index contributed by atoms with van der Waals surface area (Å²) in [4.78, 5) is 27.9. The van der Waals surface area contributed by atoms with Crippen molar-refractivity contribution in [3.63, 3.8) is 0 Å². The van der Waals surface area contributed by atoms with Crippen LogP contribution in [0.1, 0.15) is 25.0 Å². The minimum Gasteiger partial charge on any atom is -0.471 e. The molecule has 2 aromatic rings. The first-order valence-corrected chi connectivity index (χ1v) is 8.71. The molecule has 0 saturated heterocycles. The Bertz CT molecular complexity index is 916. The first-order chi connectivity index (χ1) is 12.9. The van der Waals surface area contributed by atoms with Gasteiger partial charge in [-0.2, -0.15) is 0 Å². The van der Waals surface area contributed by atoms with Crippen molar-refractivity contribution in [3.8, 4) is 0 Å². The van der Waals surface area contributed by atoms with E-state index in [-0.39, 0.29) is 17.3 Å². The Balaban J connectivity index is 2.16. The molecule has 0 amide bonds. The van der Waals surface area contributed by atoms with Crippen molar-refractivity contribution in [2.24, 2.45) is 4.99 Å². The number of carbonyl (C=O) groups excluding carboxylic acids is 1. The van der Waals surface area contributed by atoms with Gasteiger partial charge in [-0.1, -0.05) is 29.8 Å². The highest BCUT2D eigenvalue weighted by atomic mass is 35.5. The lowest BCUT2D eigenvalue weighted by atomic mass is 9.86. The molecule has 0 bridgehead atoms. The van der Waals surface area contributed by atoms with Gasteiger partial charge in [0.05, 0.1) is 11.5 Å². The predicted molar refractivity (Wildman–Crippen MR) is 99.9 cm³/mol. The highest BCUT2D eigenvalue weighted by Crippen LogP contribution is 2.41. The van der Waals surface area contributed by atoms with Gasteiger partial charge in [-0.15, -0.1) is 0 Å². The molecule has 0 aromatic heterocycles. The average Bonchev–Trinajstić information content (AvgIpc) is 3.00. The van der Waals surface area contributed by atoms with Crippen LogP contribution in [-0.4, -0.2) is 29.5 Å². The Morgan fingerprint density at radius 1 is 1.33 bits per heavy atom. The Morgan fingerprint density at radius 2 is 2.04 bits per heavy atom. The minimum absolute atomic E-state index is 0.0864. The number of benzene rings is 2. The van der Waals surface area contributed by atoms with E-state index >= 15 is 0 Å². The Kier molecular flexibility index (Phi) is 5.14. The minimum atomic E-state index is -1.50. The van der Waals surface area contributed by atoms with E-state index in [4.69, 9.17) is 21.1 Å². The molecule has 2 atom stereocenters. The normalized spacial score (nSPS) is 21.3. The van der Waals surface area contributed by atoms with E-state index in [9.17, 15) is 14.9 Å². The standard InChI is InChI=1S/C19H17ClN2O5/c1-3-26-18(23)19(14-9-10-16(22(24)25)15(20)11-14)12(2)27-17(21-19)13-7-5-4-6-8-13/h4-12H,3H2,1-2H3/t12-,19+/m1/s1. The van der Waals surface area contributed by atoms with Gasteiger partial charge in [-0.3, -0.25) is 10.1 Å². The largest absolute Gasteiger partial charge is 0.471 e. The summed E-state index contributed by atoms with van der Waals surface area (Å²) in [6.07, 6.45) is -0.690. The number of hydrogen-bond donors (Lipinski definition) is 0. The van der Waals surface area contributed by atoms with Crippen LogP contribution < -0.4 is 0 Å². The third-order valence-electron chi connectivity index (χ3n) is 4.35. The van der Waals surface area contributed by atoms with Gasteiger partial charge < -0.3 is 9.47 Å². The first-order valence-electron chi connectivity index (χ1n) is 8.33. The molecule has 0 N–H and O–H groups in total. The molecule has 0 radical (unpaired) electrons. The fraction of sp³-hybridized carbons (Fsp3) is 0.263. The zero-order valence-corrected chi connectivity index (χ0v) is 15.5. The van der Waals surface area contributed by atoms with Crippen LogP contribution >= 0.6 is 11.6 Å². The topological polar surface area (TPSA) is 91.0 Å². The second-order valence-electron chi connectivity index (χ2n) is 5.95. The van der Waals surface area contributed by atoms with Crippen LogP contribution in [-0.2, 0) is 19.8 Å². The van der Waals surface area contributed by atoms with Gasteiger partial charge in [-0.25, -0.2) is 9.79 Å². The maximum absolute atomic E-state index is 12.9. The number of carbonyl (C=O) groups is 1. The molecule has 27 heavy (non-hydrogen) atoms. The van der Waals surface area contributed by atoms with Crippen molar-refractivity contribution >= 4 is 29.2 Å². The monoisotopic (exact) mass is 388 g/mol. The van der Waals surface area contributed by atoms with Crippen molar-refractivity contribution in [3.05, 3.63) is 74.8 Å². The molecule has 0 saturated carbocycles. The van der Waals surface area contributed by atoms with Crippen molar-refractivity contribution < 1.29 is 19.2 Å². The van der Waals surface area contributed by atoms with E-state index in [0.717, 1.165) is 0 Å². The summed E-state index contributed by atoms with van der Waals surface area (Å²) in [5, 5.41) is 11.0. The molecule has 0 spiro atoms. The van der Waals surface area contributed by atoms with Gasteiger partial charge >= 0.3 is 5.97 Å². The fourth-order valence-electron chi connectivity index (χ4n) is 3.01. The summed E-state index contributed by atoms with van der Waals surface area (Å²) in [7, 11) is 0. The van der Waals surface area contributed by atoms with Crippen LogP contribution in [0.25, 0.3) is 0 Å². The summed E-state index contributed by atoms with van der Waals surface area (Å²) < 4.78 is 11.1. The van der Waals surface area contributed by atoms with Crippen LogP contribution in [0.15, 0.2) is 53.5 Å². The zero-order valence-electron chi connectivity index (χ0n) is 14.7. The van der Waals surface area contributed by atoms with Crippen molar-refractivity contribution in [1.82, 2.24) is 0 Å². The van der Waals surface area contributed by atoms with Gasteiger partial charge in [0.25, 0.3) is 5.69 Å². The molecule has 1 heterocycles. The fourth-order valence-corrected chi connectivity index (χ4v) is 3.25. The van der Waals surface area contributed by atoms with Crippen LogP contribution in [0, 0.1) is 10.1 Å². The quantitative estimate of drug-likeness (QED) is 0.440. The molecule has 3 rings (SSSR count). The summed E-state index contributed by atoms with van der Waals surface area (Å²) in [5.41, 5.74) is -0.670. The molecule has 0 fully saturated rings. The number of halogens is 1. The summed E-state index contributed by atoms with van der Waals surface area (Å²) >= 11 is 6.06. The number of esters is 1. The highest BCUT2D eigenvalue weighted by Gasteiger charge is 2.53. The van der Waals surface area contributed by atoms with Gasteiger partial charge in [0, 0.05) is 11.6 Å². The van der Waals surface area contributed by atoms with Gasteiger partial charge in [0.1, 0.15) is 11.1 Å². The Labute approximate surface area is 160 Å². The lowest BCUT2D eigenvalue weighted by Crippen LogP contribution is -2.43. The summed E-state index contributed by atoms with van der Waals surface area (Å²) in [6, 6.07) is 13.2. The number of nitrogens with zero attached hydrogens (tertiary/aromatic N) is 2. The maximum atomic E-state index is 12.9. The van der Waals surface area contributed by atoms with E-state index in [1.165, 1.54) is 18.2 Å². The van der Waals surface area contributed by atoms with Crippen molar-refractivity contribution in [1.29, 1.82) is 0 Å². The number of hydrogen-bond acceptors (Lipinski definition) is 6. The van der Waals surface area contributed by atoms with Gasteiger partial charge in [-0.05, 0) is 43.7 Å². The van der Waals surface area contributed by atoms with Crippen LogP contribution in [0.4, 0.5) is 5.69 Å². The molecule has 2 aromatic carbocycles. The van der Waals surface area contributed by atoms with Crippen LogP contribution in [0.5, 0.6) is 0 Å². The molecule has 8 heteroatoms. The molecule has 1 aliphatic rings. The lowest BCUT2D eigenvalue weighted by molar-refractivity contribution is -0.384. The van der Waals surface area contributed by atoms with E-state index in [1.807, 2.05) is 30.3 Å². The number of aliphatic imine (C=N–C) groups is 1. The maximum Gasteiger partial charge on any atom is 0.342 e. The molecular formula is C19H17ClN2O5.